The zero-order valence-corrected chi connectivity index (χ0v) is 8.51. The average molecular weight is 221 g/mol. The number of alkyl halides is 3. The minimum absolute atomic E-state index is 0.0938. The first kappa shape index (κ1) is 12.0. The monoisotopic (exact) mass is 221 g/mol. The van der Waals surface area contributed by atoms with Crippen molar-refractivity contribution in [3.05, 3.63) is 18.2 Å². The summed E-state index contributed by atoms with van der Waals surface area (Å²) in [6, 6.07) is 0. The van der Waals surface area contributed by atoms with Gasteiger partial charge in [-0.25, -0.2) is 4.98 Å². The van der Waals surface area contributed by atoms with Gasteiger partial charge in [-0.05, 0) is 13.5 Å². The molecule has 3 nitrogen and oxygen atoms in total. The van der Waals surface area contributed by atoms with Gasteiger partial charge in [0.25, 0.3) is 0 Å². The largest absolute Gasteiger partial charge is 0.389 e. The van der Waals surface area contributed by atoms with Crippen LogP contribution < -0.4 is 5.32 Å². The van der Waals surface area contributed by atoms with Crippen molar-refractivity contribution in [3.63, 3.8) is 0 Å². The number of nitrogens with zero attached hydrogens (tertiary/aromatic N) is 2. The van der Waals surface area contributed by atoms with Crippen molar-refractivity contribution in [1.82, 2.24) is 14.9 Å². The fourth-order valence-corrected chi connectivity index (χ4v) is 1.32. The molecule has 1 N–H and O–H groups in total. The Hall–Kier alpha value is -1.04. The summed E-state index contributed by atoms with van der Waals surface area (Å²) in [5.41, 5.74) is 0. The lowest BCUT2D eigenvalue weighted by Gasteiger charge is -2.09. The molecule has 0 amide bonds. The number of nitrogens with one attached hydrogen (secondary N) is 1. The smallest absolute Gasteiger partial charge is 0.334 e. The Morgan fingerprint density at radius 1 is 1.47 bits per heavy atom. The maximum atomic E-state index is 11.9. The first-order chi connectivity index (χ1) is 7.03. The number of halogens is 3. The molecular formula is C9H14F3N3. The zero-order chi connectivity index (χ0) is 11.3. The maximum absolute atomic E-state index is 11.9. The number of hydrogen-bond acceptors (Lipinski definition) is 2. The van der Waals surface area contributed by atoms with Gasteiger partial charge in [0, 0.05) is 25.4 Å². The third-order valence-corrected chi connectivity index (χ3v) is 2.00. The predicted molar refractivity (Wildman–Crippen MR) is 50.3 cm³/mol. The molecule has 0 bridgehead atoms. The highest BCUT2D eigenvalue weighted by Gasteiger charge is 2.26. The average Bonchev–Trinajstić information content (AvgIpc) is 2.51. The second-order valence-electron chi connectivity index (χ2n) is 3.29. The van der Waals surface area contributed by atoms with Gasteiger partial charge in [-0.2, -0.15) is 13.2 Å². The quantitative estimate of drug-likeness (QED) is 0.823. The summed E-state index contributed by atoms with van der Waals surface area (Å²) in [5, 5.41) is 2.91. The molecule has 1 aromatic heterocycles. The molecule has 6 heteroatoms. The van der Waals surface area contributed by atoms with Gasteiger partial charge < -0.3 is 9.88 Å². The lowest BCUT2D eigenvalue weighted by atomic mass is 10.3. The van der Waals surface area contributed by atoms with E-state index >= 15 is 0 Å². The summed E-state index contributed by atoms with van der Waals surface area (Å²) in [7, 11) is 1.77. The van der Waals surface area contributed by atoms with Crippen molar-refractivity contribution in [2.45, 2.75) is 32.1 Å². The summed E-state index contributed by atoms with van der Waals surface area (Å²) in [4.78, 5) is 4.04. The normalized spacial score (nSPS) is 12.0. The van der Waals surface area contributed by atoms with E-state index in [0.29, 0.717) is 13.1 Å². The van der Waals surface area contributed by atoms with E-state index in [2.05, 4.69) is 10.3 Å². The molecule has 0 unspecified atom stereocenters. The fourth-order valence-electron chi connectivity index (χ4n) is 1.32. The molecule has 0 saturated carbocycles. The fraction of sp³-hybridized carbons (Fsp3) is 0.667. The molecule has 1 aromatic rings. The van der Waals surface area contributed by atoms with Crippen LogP contribution >= 0.6 is 0 Å². The molecule has 0 spiro atoms. The van der Waals surface area contributed by atoms with Crippen LogP contribution in [0.25, 0.3) is 0 Å². The predicted octanol–water partition coefficient (Wildman–Crippen LogP) is 1.95. The van der Waals surface area contributed by atoms with Crippen molar-refractivity contribution >= 4 is 0 Å². The van der Waals surface area contributed by atoms with E-state index in [1.54, 1.807) is 24.0 Å². The third kappa shape index (κ3) is 4.33. The number of hydrogen-bond donors (Lipinski definition) is 1. The lowest BCUT2D eigenvalue weighted by Crippen LogP contribution is -2.14. The van der Waals surface area contributed by atoms with E-state index in [9.17, 15) is 13.2 Å². The Labute approximate surface area is 86.3 Å². The van der Waals surface area contributed by atoms with E-state index in [0.717, 1.165) is 5.82 Å². The molecule has 1 rings (SSSR count). The summed E-state index contributed by atoms with van der Waals surface area (Å²) < 4.78 is 37.4. The molecule has 0 fully saturated rings. The van der Waals surface area contributed by atoms with Crippen LogP contribution in [0, 0.1) is 0 Å². The van der Waals surface area contributed by atoms with Crippen molar-refractivity contribution in [3.8, 4) is 0 Å². The van der Waals surface area contributed by atoms with Crippen LogP contribution in [-0.4, -0.2) is 22.8 Å². The number of aromatic nitrogens is 2. The summed E-state index contributed by atoms with van der Waals surface area (Å²) in [6.07, 6.45) is -1.42. The van der Waals surface area contributed by atoms with Gasteiger partial charge >= 0.3 is 6.18 Å². The Kier molecular flexibility index (Phi) is 4.14. The Morgan fingerprint density at radius 3 is 2.80 bits per heavy atom. The highest BCUT2D eigenvalue weighted by Crippen LogP contribution is 2.21. The molecule has 0 aliphatic rings. The van der Waals surface area contributed by atoms with Crippen LogP contribution in [0.5, 0.6) is 0 Å². The van der Waals surface area contributed by atoms with Crippen LogP contribution in [0.4, 0.5) is 13.2 Å². The van der Waals surface area contributed by atoms with Gasteiger partial charge in [-0.1, -0.05) is 0 Å². The molecule has 0 radical (unpaired) electrons. The Bertz CT molecular complexity index is 293. The van der Waals surface area contributed by atoms with Crippen LogP contribution in [0.3, 0.4) is 0 Å². The Morgan fingerprint density at radius 2 is 2.20 bits per heavy atom. The Balaban J connectivity index is 2.40. The van der Waals surface area contributed by atoms with Gasteiger partial charge in [0.05, 0.1) is 6.54 Å². The number of rotatable bonds is 5. The topological polar surface area (TPSA) is 29.9 Å². The van der Waals surface area contributed by atoms with Gasteiger partial charge in [-0.15, -0.1) is 0 Å². The molecular weight excluding hydrogens is 207 g/mol. The lowest BCUT2D eigenvalue weighted by molar-refractivity contribution is -0.135. The number of imidazole rings is 1. The van der Waals surface area contributed by atoms with Gasteiger partial charge in [-0.3, -0.25) is 0 Å². The van der Waals surface area contributed by atoms with Crippen molar-refractivity contribution in [1.29, 1.82) is 0 Å². The van der Waals surface area contributed by atoms with Crippen molar-refractivity contribution in [2.75, 3.05) is 7.05 Å². The summed E-state index contributed by atoms with van der Waals surface area (Å²) >= 11 is 0. The van der Waals surface area contributed by atoms with Crippen molar-refractivity contribution < 1.29 is 13.2 Å². The molecule has 0 saturated heterocycles. The maximum Gasteiger partial charge on any atom is 0.389 e. The van der Waals surface area contributed by atoms with Gasteiger partial charge in [0.1, 0.15) is 5.82 Å². The van der Waals surface area contributed by atoms with E-state index in [1.165, 1.54) is 0 Å². The van der Waals surface area contributed by atoms with Crippen LogP contribution in [-0.2, 0) is 13.1 Å². The van der Waals surface area contributed by atoms with Crippen LogP contribution in [0.15, 0.2) is 12.4 Å². The minimum Gasteiger partial charge on any atom is -0.334 e. The van der Waals surface area contributed by atoms with Gasteiger partial charge in [0.15, 0.2) is 0 Å². The standard InChI is InChI=1S/C9H14F3N3/c1-13-7-8-14-4-6-15(8)5-2-3-9(10,11)12/h4,6,13H,2-3,5,7H2,1H3. The minimum atomic E-state index is -4.07. The zero-order valence-electron chi connectivity index (χ0n) is 8.51. The molecule has 0 atom stereocenters. The first-order valence-corrected chi connectivity index (χ1v) is 4.74. The van der Waals surface area contributed by atoms with Crippen molar-refractivity contribution in [2.24, 2.45) is 0 Å². The summed E-state index contributed by atoms with van der Waals surface area (Å²) in [6.45, 7) is 0.926. The molecule has 1 heterocycles. The molecule has 0 aromatic carbocycles. The van der Waals surface area contributed by atoms with E-state index < -0.39 is 12.6 Å². The second kappa shape index (κ2) is 5.16. The number of aryl methyl sites for hydroxylation is 1. The van der Waals surface area contributed by atoms with Gasteiger partial charge in [0.2, 0.25) is 0 Å². The summed E-state index contributed by atoms with van der Waals surface area (Å²) in [5.74, 6) is 0.764. The van der Waals surface area contributed by atoms with Crippen LogP contribution in [0.2, 0.25) is 0 Å². The third-order valence-electron chi connectivity index (χ3n) is 2.00. The van der Waals surface area contributed by atoms with Crippen LogP contribution in [0.1, 0.15) is 18.7 Å². The SMILES string of the molecule is CNCc1nccn1CCCC(F)(F)F. The first-order valence-electron chi connectivity index (χ1n) is 4.74. The van der Waals surface area contributed by atoms with E-state index in [1.807, 2.05) is 0 Å². The molecule has 0 aliphatic carbocycles. The molecule has 0 aliphatic heterocycles. The molecule has 15 heavy (non-hydrogen) atoms. The highest BCUT2D eigenvalue weighted by molar-refractivity contribution is 4.91. The second-order valence-corrected chi connectivity index (χ2v) is 3.29. The van der Waals surface area contributed by atoms with E-state index in [4.69, 9.17) is 0 Å². The highest BCUT2D eigenvalue weighted by atomic mass is 19.4. The van der Waals surface area contributed by atoms with E-state index in [-0.39, 0.29) is 6.42 Å². The molecule has 86 valence electrons.